The highest BCUT2D eigenvalue weighted by atomic mass is 19.2. The van der Waals surface area contributed by atoms with Gasteiger partial charge in [-0.2, -0.15) is 4.39 Å². The van der Waals surface area contributed by atoms with Crippen LogP contribution >= 0.6 is 0 Å². The number of aliphatic carboxylic acids is 1. The molecule has 2 aliphatic rings. The average molecular weight is 580 g/mol. The molecule has 0 spiro atoms. The van der Waals surface area contributed by atoms with E-state index in [9.17, 15) is 22.4 Å². The Labute approximate surface area is 237 Å². The Hall–Kier alpha value is -4.80. The molecule has 42 heavy (non-hydrogen) atoms. The number of carbonyl (C=O) groups is 1. The lowest BCUT2D eigenvalue weighted by atomic mass is 9.75. The van der Waals surface area contributed by atoms with Crippen LogP contribution in [0.5, 0.6) is 17.2 Å². The van der Waals surface area contributed by atoms with Crippen molar-refractivity contribution in [3.8, 4) is 28.6 Å². The third-order valence-corrected chi connectivity index (χ3v) is 7.65. The van der Waals surface area contributed by atoms with Crippen LogP contribution in [0.25, 0.3) is 22.3 Å². The average Bonchev–Trinajstić information content (AvgIpc) is 3.52. The number of H-pyrrole nitrogens is 2. The number of aromatic nitrogens is 3. The lowest BCUT2D eigenvalue weighted by molar-refractivity contribution is -0.138. The fourth-order valence-electron chi connectivity index (χ4n) is 5.02. The molecule has 1 atom stereocenters. The van der Waals surface area contributed by atoms with E-state index in [0.717, 1.165) is 35.9 Å². The third kappa shape index (κ3) is 4.84. The second-order valence-electron chi connectivity index (χ2n) is 10.5. The summed E-state index contributed by atoms with van der Waals surface area (Å²) in [6, 6.07) is 12.5. The second-order valence-corrected chi connectivity index (χ2v) is 10.5. The highest BCUT2D eigenvalue weighted by molar-refractivity contribution is 5.82. The number of nitrogens with one attached hydrogen (secondary N) is 2. The van der Waals surface area contributed by atoms with E-state index in [0.29, 0.717) is 13.0 Å². The van der Waals surface area contributed by atoms with Gasteiger partial charge in [0, 0.05) is 34.5 Å². The van der Waals surface area contributed by atoms with E-state index in [4.69, 9.17) is 14.6 Å². The molecule has 0 amide bonds. The van der Waals surface area contributed by atoms with Gasteiger partial charge < -0.3 is 24.5 Å². The number of carboxylic acids is 1. The van der Waals surface area contributed by atoms with Gasteiger partial charge in [0.2, 0.25) is 11.6 Å². The van der Waals surface area contributed by atoms with Crippen molar-refractivity contribution in [3.05, 3.63) is 95.5 Å². The van der Waals surface area contributed by atoms with E-state index in [1.165, 1.54) is 24.4 Å². The molecule has 5 aromatic rings. The molecule has 216 valence electrons. The summed E-state index contributed by atoms with van der Waals surface area (Å²) in [5, 5.41) is 7.89. The van der Waals surface area contributed by atoms with E-state index in [1.54, 1.807) is 6.20 Å². The van der Waals surface area contributed by atoms with Gasteiger partial charge in [-0.3, -0.25) is 4.79 Å². The van der Waals surface area contributed by atoms with Crippen LogP contribution in [0.3, 0.4) is 0 Å². The molecule has 1 aliphatic heterocycles. The van der Waals surface area contributed by atoms with Crippen molar-refractivity contribution >= 4 is 16.9 Å². The molecule has 1 fully saturated rings. The van der Waals surface area contributed by atoms with Crippen LogP contribution in [0.4, 0.5) is 17.6 Å². The summed E-state index contributed by atoms with van der Waals surface area (Å²) < 4.78 is 69.8. The van der Waals surface area contributed by atoms with Gasteiger partial charge in [-0.05, 0) is 56.5 Å². The van der Waals surface area contributed by atoms with Crippen molar-refractivity contribution < 1.29 is 36.9 Å². The maximum atomic E-state index is 14.9. The zero-order valence-electron chi connectivity index (χ0n) is 22.3. The van der Waals surface area contributed by atoms with Crippen LogP contribution in [0.2, 0.25) is 0 Å². The summed E-state index contributed by atoms with van der Waals surface area (Å²) in [6.45, 7) is 2.57. The van der Waals surface area contributed by atoms with Gasteiger partial charge in [0.05, 0.1) is 23.6 Å². The maximum Gasteiger partial charge on any atom is 0.306 e. The first kappa shape index (κ1) is 27.4. The molecule has 3 aromatic carbocycles. The molecule has 0 bridgehead atoms. The number of fused-ring (bicyclic) bond motifs is 2. The Morgan fingerprint density at radius 2 is 1.86 bits per heavy atom. The second kappa shape index (κ2) is 10.6. The van der Waals surface area contributed by atoms with Crippen molar-refractivity contribution in [2.45, 2.75) is 31.6 Å². The number of halogens is 4. The molecule has 11 heteroatoms. The first-order valence-corrected chi connectivity index (χ1v) is 13.3. The number of hydrogen-bond donors (Lipinski definition) is 3. The summed E-state index contributed by atoms with van der Waals surface area (Å²) in [7, 11) is 0. The summed E-state index contributed by atoms with van der Waals surface area (Å²) in [6.07, 6.45) is 5.41. The molecular weight excluding hydrogens is 554 g/mol. The highest BCUT2D eigenvalue weighted by Gasteiger charge is 2.36. The monoisotopic (exact) mass is 579 g/mol. The summed E-state index contributed by atoms with van der Waals surface area (Å²) in [5.74, 6) is -5.06. The number of aromatic amines is 2. The first-order valence-electron chi connectivity index (χ1n) is 13.3. The topological polar surface area (TPSA) is 100 Å². The van der Waals surface area contributed by atoms with Crippen LogP contribution < -0.4 is 9.47 Å². The van der Waals surface area contributed by atoms with Gasteiger partial charge in [0.25, 0.3) is 0 Å². The Kier molecular flexibility index (Phi) is 6.88. The van der Waals surface area contributed by atoms with Crippen LogP contribution in [0.1, 0.15) is 37.4 Å². The van der Waals surface area contributed by atoms with Gasteiger partial charge in [-0.25, -0.2) is 18.2 Å². The number of ether oxygens (including phenoxy) is 2. The number of rotatable bonds is 5. The molecule has 1 unspecified atom stereocenters. The summed E-state index contributed by atoms with van der Waals surface area (Å²) in [4.78, 5) is 19.8. The molecule has 1 aliphatic carbocycles. The molecule has 3 N–H and O–H groups in total. The van der Waals surface area contributed by atoms with E-state index < -0.39 is 40.4 Å². The Morgan fingerprint density at radius 1 is 1.07 bits per heavy atom. The third-order valence-electron chi connectivity index (χ3n) is 7.65. The number of imidazole rings is 1. The molecule has 7 rings (SSSR count). The number of benzene rings is 3. The number of para-hydroxylation sites is 1. The van der Waals surface area contributed by atoms with Gasteiger partial charge in [-0.1, -0.05) is 18.2 Å². The highest BCUT2D eigenvalue weighted by Crippen LogP contribution is 2.43. The van der Waals surface area contributed by atoms with Crippen molar-refractivity contribution in [3.63, 3.8) is 0 Å². The van der Waals surface area contributed by atoms with Gasteiger partial charge in [-0.15, -0.1) is 0 Å². The van der Waals surface area contributed by atoms with Gasteiger partial charge >= 0.3 is 5.97 Å². The van der Waals surface area contributed by atoms with Crippen LogP contribution in [0.15, 0.2) is 60.9 Å². The molecule has 1 saturated carbocycles. The predicted octanol–water partition coefficient (Wildman–Crippen LogP) is 7.48. The molecule has 7 nitrogen and oxygen atoms in total. The Balaban J connectivity index is 0.000000470. The SMILES string of the molecule is CC1(c2cnc(-c3cc(Oc4c(F)c(F)c5[nH]ccc5c4F)ccc3F)[nH]2)CCOc2ccccc21.O=C(O)C1CC1. The smallest absolute Gasteiger partial charge is 0.306 e. The van der Waals surface area contributed by atoms with Gasteiger partial charge in [0.15, 0.2) is 11.6 Å². The zero-order valence-corrected chi connectivity index (χ0v) is 22.3. The van der Waals surface area contributed by atoms with Crippen molar-refractivity contribution in [1.29, 1.82) is 0 Å². The van der Waals surface area contributed by atoms with Crippen molar-refractivity contribution in [1.82, 2.24) is 15.0 Å². The normalized spacial score (nSPS) is 17.6. The molecule has 0 saturated heterocycles. The number of carboxylic acid groups (broad SMARTS) is 1. The lowest BCUT2D eigenvalue weighted by Gasteiger charge is -2.34. The molecule has 2 aromatic heterocycles. The quantitative estimate of drug-likeness (QED) is 0.148. The summed E-state index contributed by atoms with van der Waals surface area (Å²) >= 11 is 0. The Bertz CT molecular complexity index is 1810. The molecular formula is C31H25F4N3O4. The zero-order chi connectivity index (χ0) is 29.6. The summed E-state index contributed by atoms with van der Waals surface area (Å²) in [5.41, 5.74) is 1.03. The van der Waals surface area contributed by atoms with E-state index in [1.807, 2.05) is 24.3 Å². The minimum absolute atomic E-state index is 0.0185. The fourth-order valence-corrected chi connectivity index (χ4v) is 5.02. The fraction of sp³-hybridized carbons (Fsp3) is 0.226. The number of hydrogen-bond acceptors (Lipinski definition) is 4. The van der Waals surface area contributed by atoms with Crippen LogP contribution in [-0.2, 0) is 10.2 Å². The van der Waals surface area contributed by atoms with Crippen molar-refractivity contribution in [2.24, 2.45) is 5.92 Å². The van der Waals surface area contributed by atoms with E-state index in [-0.39, 0.29) is 34.0 Å². The number of nitrogens with zero attached hydrogens (tertiary/aromatic N) is 1. The van der Waals surface area contributed by atoms with Gasteiger partial charge in [0.1, 0.15) is 23.1 Å². The minimum Gasteiger partial charge on any atom is -0.493 e. The molecule has 0 radical (unpaired) electrons. The molecule has 3 heterocycles. The van der Waals surface area contributed by atoms with Crippen LogP contribution in [-0.4, -0.2) is 32.6 Å². The maximum absolute atomic E-state index is 14.9. The standard InChI is InChI=1S/C27H19F4N3O2.C4H6O2/c1-27(9-11-35-19-5-3-2-4-17(19)27)20-13-33-26(34-20)16-12-14(6-7-18(16)28)36-25-21(29)15-8-10-32-24(15)22(30)23(25)31;5-4(6)3-1-2-3/h2-8,10,12-13,32H,9,11H2,1H3,(H,33,34);3H,1-2H2,(H,5,6). The Morgan fingerprint density at radius 3 is 2.60 bits per heavy atom. The van der Waals surface area contributed by atoms with E-state index >= 15 is 0 Å². The predicted molar refractivity (Wildman–Crippen MR) is 146 cm³/mol. The minimum atomic E-state index is -1.49. The van der Waals surface area contributed by atoms with E-state index in [2.05, 4.69) is 21.9 Å². The van der Waals surface area contributed by atoms with Crippen molar-refractivity contribution in [2.75, 3.05) is 6.61 Å². The van der Waals surface area contributed by atoms with Crippen LogP contribution in [0, 0.1) is 29.2 Å². The lowest BCUT2D eigenvalue weighted by Crippen LogP contribution is -2.31. The first-order chi connectivity index (χ1) is 20.2. The largest absolute Gasteiger partial charge is 0.493 e.